The molecule has 0 atom stereocenters. The van der Waals surface area contributed by atoms with Gasteiger partial charge in [-0.3, -0.25) is 0 Å². The number of fused-ring (bicyclic) bond motifs is 7. The minimum Gasteiger partial charge on any atom is -0.135 e. The number of hydrogen-bond acceptors (Lipinski definition) is 1. The molecular weight excluding hydrogens is 849 g/mol. The summed E-state index contributed by atoms with van der Waals surface area (Å²) in [5, 5.41) is 17.6. The largest absolute Gasteiger partial charge is 0.135 e. The molecule has 0 fully saturated rings. The molecule has 1 aromatic heterocycles. The fourth-order valence-corrected chi connectivity index (χ4v) is 12.2. The Bertz CT molecular complexity index is 4300. The summed E-state index contributed by atoms with van der Waals surface area (Å²) in [6.45, 7) is 0. The van der Waals surface area contributed by atoms with E-state index in [0.717, 1.165) is 0 Å². The Labute approximate surface area is 404 Å². The van der Waals surface area contributed by atoms with E-state index in [1.165, 1.54) is 141 Å². The summed E-state index contributed by atoms with van der Waals surface area (Å²) in [7, 11) is 0. The van der Waals surface area contributed by atoms with Crippen LogP contribution in [0.3, 0.4) is 0 Å². The first-order valence-corrected chi connectivity index (χ1v) is 24.6. The van der Waals surface area contributed by atoms with E-state index in [2.05, 4.69) is 255 Å². The van der Waals surface area contributed by atoms with Crippen LogP contribution in [0.25, 0.3) is 141 Å². The Kier molecular flexibility index (Phi) is 9.18. The van der Waals surface area contributed by atoms with Crippen LogP contribution in [0.1, 0.15) is 0 Å². The van der Waals surface area contributed by atoms with Gasteiger partial charge in [0, 0.05) is 15.3 Å². The van der Waals surface area contributed by atoms with E-state index >= 15 is 0 Å². The Morgan fingerprint density at radius 1 is 0.174 bits per heavy atom. The molecule has 0 radical (unpaired) electrons. The second-order valence-corrected chi connectivity index (χ2v) is 19.4. The minimum atomic E-state index is 1.22. The summed E-state index contributed by atoms with van der Waals surface area (Å²) >= 11 is 1.89. The molecule has 0 aliphatic carbocycles. The maximum atomic E-state index is 2.47. The molecule has 1 heteroatoms. The zero-order chi connectivity index (χ0) is 45.4. The van der Waals surface area contributed by atoms with E-state index in [9.17, 15) is 0 Å². The Morgan fingerprint density at radius 2 is 0.507 bits per heavy atom. The highest BCUT2D eigenvalue weighted by molar-refractivity contribution is 7.19. The fraction of sp³-hybridized carbons (Fsp3) is 0. The number of thiophene rings is 1. The van der Waals surface area contributed by atoms with E-state index in [-0.39, 0.29) is 0 Å². The van der Waals surface area contributed by atoms with Crippen molar-refractivity contribution in [1.29, 1.82) is 0 Å². The maximum absolute atomic E-state index is 2.47. The molecule has 0 unspecified atom stereocenters. The fourth-order valence-electron chi connectivity index (χ4n) is 11.2. The Hall–Kier alpha value is -8.62. The monoisotopic (exact) mass is 890 g/mol. The molecule has 0 nitrogen and oxygen atoms in total. The molecule has 1 heterocycles. The standard InChI is InChI=1S/C68H42S/c1-4-16-48-39-51(32-27-43(48)13-1)46-25-30-47(31-26-46)65-57-21-9-11-23-59(57)68(60-24-12-10-22-58(60)65)64-38-37-63(69-64)52-35-36-61-62(42-52)67(54-34-29-45-15-3-6-18-50(45)41-54)56-20-8-7-19-55(56)66(61)53-33-28-44-14-2-5-17-49(44)40-53/h1-42H. The van der Waals surface area contributed by atoms with Crippen LogP contribution in [-0.2, 0) is 0 Å². The molecule has 14 aromatic rings. The second-order valence-electron chi connectivity index (χ2n) is 18.3. The zero-order valence-corrected chi connectivity index (χ0v) is 38.5. The summed E-state index contributed by atoms with van der Waals surface area (Å²) in [6.07, 6.45) is 0. The van der Waals surface area contributed by atoms with E-state index in [1.807, 2.05) is 11.3 Å². The van der Waals surface area contributed by atoms with Crippen molar-refractivity contribution in [2.24, 2.45) is 0 Å². The van der Waals surface area contributed by atoms with Gasteiger partial charge in [-0.05, 0) is 162 Å². The highest BCUT2D eigenvalue weighted by Gasteiger charge is 2.21. The van der Waals surface area contributed by atoms with Crippen LogP contribution in [0, 0.1) is 0 Å². The van der Waals surface area contributed by atoms with Crippen LogP contribution >= 0.6 is 11.3 Å². The molecule has 0 aliphatic rings. The van der Waals surface area contributed by atoms with Gasteiger partial charge in [-0.2, -0.15) is 0 Å². The van der Waals surface area contributed by atoms with Crippen molar-refractivity contribution in [3.8, 4) is 65.4 Å². The Balaban J connectivity index is 0.935. The van der Waals surface area contributed by atoms with Gasteiger partial charge in [-0.15, -0.1) is 11.3 Å². The van der Waals surface area contributed by atoms with Gasteiger partial charge in [0.1, 0.15) is 0 Å². The van der Waals surface area contributed by atoms with Crippen molar-refractivity contribution in [1.82, 2.24) is 0 Å². The van der Waals surface area contributed by atoms with E-state index in [1.54, 1.807) is 0 Å². The van der Waals surface area contributed by atoms with Gasteiger partial charge in [-0.25, -0.2) is 0 Å². The smallest absolute Gasteiger partial charge is 0.0361 e. The summed E-state index contributed by atoms with van der Waals surface area (Å²) < 4.78 is 0. The van der Waals surface area contributed by atoms with Crippen LogP contribution in [0.4, 0.5) is 0 Å². The average molecular weight is 891 g/mol. The lowest BCUT2D eigenvalue weighted by Crippen LogP contribution is -1.92. The molecule has 14 rings (SSSR count). The maximum Gasteiger partial charge on any atom is 0.0361 e. The predicted octanol–water partition coefficient (Wildman–Crippen LogP) is 19.8. The number of hydrogen-bond donors (Lipinski definition) is 0. The molecule has 0 spiro atoms. The third-order valence-electron chi connectivity index (χ3n) is 14.4. The summed E-state index contributed by atoms with van der Waals surface area (Å²) in [6, 6.07) is 94.7. The molecular formula is C68H42S. The van der Waals surface area contributed by atoms with E-state index in [0.29, 0.717) is 0 Å². The van der Waals surface area contributed by atoms with Gasteiger partial charge in [-0.1, -0.05) is 218 Å². The first-order chi connectivity index (χ1) is 34.2. The van der Waals surface area contributed by atoms with Crippen molar-refractivity contribution >= 4 is 86.7 Å². The lowest BCUT2D eigenvalue weighted by Gasteiger charge is -2.19. The van der Waals surface area contributed by atoms with Gasteiger partial charge in [0.15, 0.2) is 0 Å². The van der Waals surface area contributed by atoms with E-state index in [4.69, 9.17) is 0 Å². The summed E-state index contributed by atoms with van der Waals surface area (Å²) in [4.78, 5) is 2.51. The lowest BCUT2D eigenvalue weighted by molar-refractivity contribution is 1.63. The molecule has 0 amide bonds. The predicted molar refractivity (Wildman–Crippen MR) is 299 cm³/mol. The van der Waals surface area contributed by atoms with Crippen molar-refractivity contribution in [3.63, 3.8) is 0 Å². The van der Waals surface area contributed by atoms with Crippen molar-refractivity contribution in [2.45, 2.75) is 0 Å². The topological polar surface area (TPSA) is 0 Å². The lowest BCUT2D eigenvalue weighted by atomic mass is 9.84. The highest BCUT2D eigenvalue weighted by atomic mass is 32.1. The van der Waals surface area contributed by atoms with Gasteiger partial charge in [0.05, 0.1) is 0 Å². The third-order valence-corrected chi connectivity index (χ3v) is 15.6. The first kappa shape index (κ1) is 39.5. The normalized spacial score (nSPS) is 11.8. The average Bonchev–Trinajstić information content (AvgIpc) is 3.91. The van der Waals surface area contributed by atoms with Crippen LogP contribution < -0.4 is 0 Å². The quantitative estimate of drug-likeness (QED) is 0.146. The molecule has 0 bridgehead atoms. The SMILES string of the molecule is c1ccc2cc(-c3ccc(-c4c5ccccc5c(-c5ccc(-c6ccc7c(-c8ccc9ccccc9c8)c8ccccc8c(-c8ccc9ccccc9c8)c7c6)s5)c5ccccc45)cc3)ccc2c1. The van der Waals surface area contributed by atoms with Crippen LogP contribution in [0.15, 0.2) is 255 Å². The molecule has 0 saturated heterocycles. The van der Waals surface area contributed by atoms with Crippen LogP contribution in [0.2, 0.25) is 0 Å². The zero-order valence-electron chi connectivity index (χ0n) is 37.7. The summed E-state index contributed by atoms with van der Waals surface area (Å²) in [5.74, 6) is 0. The minimum absolute atomic E-state index is 1.22. The van der Waals surface area contributed by atoms with Crippen LogP contribution in [0.5, 0.6) is 0 Å². The molecule has 0 N–H and O–H groups in total. The van der Waals surface area contributed by atoms with Crippen LogP contribution in [-0.4, -0.2) is 0 Å². The molecule has 0 saturated carbocycles. The molecule has 0 aliphatic heterocycles. The van der Waals surface area contributed by atoms with Gasteiger partial charge in [0.25, 0.3) is 0 Å². The van der Waals surface area contributed by atoms with Crippen molar-refractivity contribution < 1.29 is 0 Å². The molecule has 13 aromatic carbocycles. The summed E-state index contributed by atoms with van der Waals surface area (Å²) in [5.41, 5.74) is 12.5. The third kappa shape index (κ3) is 6.58. The van der Waals surface area contributed by atoms with Gasteiger partial charge in [0.2, 0.25) is 0 Å². The van der Waals surface area contributed by atoms with Gasteiger partial charge < -0.3 is 0 Å². The van der Waals surface area contributed by atoms with Crippen molar-refractivity contribution in [3.05, 3.63) is 255 Å². The highest BCUT2D eigenvalue weighted by Crippen LogP contribution is 2.49. The van der Waals surface area contributed by atoms with Gasteiger partial charge >= 0.3 is 0 Å². The van der Waals surface area contributed by atoms with E-state index < -0.39 is 0 Å². The van der Waals surface area contributed by atoms with Crippen molar-refractivity contribution in [2.75, 3.05) is 0 Å². The Morgan fingerprint density at radius 3 is 1.01 bits per heavy atom. The number of benzene rings is 13. The first-order valence-electron chi connectivity index (χ1n) is 23.8. The molecule has 69 heavy (non-hydrogen) atoms. The number of rotatable bonds is 6. The second kappa shape index (κ2) is 16.0. The molecule has 320 valence electrons.